The molecule has 0 fully saturated rings. The smallest absolute Gasteiger partial charge is 0.127 e. The van der Waals surface area contributed by atoms with Crippen LogP contribution in [0.2, 0.25) is 0 Å². The van der Waals surface area contributed by atoms with Crippen LogP contribution in [0, 0.1) is 6.92 Å². The van der Waals surface area contributed by atoms with Crippen LogP contribution >= 0.6 is 22.7 Å². The largest absolute Gasteiger partial charge is 0.390 e. The van der Waals surface area contributed by atoms with Gasteiger partial charge in [0.25, 0.3) is 0 Å². The Morgan fingerprint density at radius 2 is 2.12 bits per heavy atom. The van der Waals surface area contributed by atoms with E-state index < -0.39 is 0 Å². The highest BCUT2D eigenvalue weighted by molar-refractivity contribution is 7.22. The number of aryl methyl sites for hydroxylation is 1. The molecule has 0 bridgehead atoms. The molecule has 2 N–H and O–H groups in total. The Bertz CT molecular complexity index is 652. The Balaban J connectivity index is 2.23. The van der Waals surface area contributed by atoms with Gasteiger partial charge < -0.3 is 5.73 Å². The fraction of sp³-hybridized carbons (Fsp3) is 0.0833. The SMILES string of the molecule is Cc1ccc2nc(-c3ccsc3N)sc2c1. The number of anilines is 1. The van der Waals surface area contributed by atoms with E-state index in [-0.39, 0.29) is 0 Å². The first-order chi connectivity index (χ1) is 7.74. The maximum atomic E-state index is 5.91. The van der Waals surface area contributed by atoms with E-state index in [0.29, 0.717) is 0 Å². The van der Waals surface area contributed by atoms with Crippen molar-refractivity contribution in [2.24, 2.45) is 0 Å². The van der Waals surface area contributed by atoms with Crippen molar-refractivity contribution >= 4 is 37.9 Å². The van der Waals surface area contributed by atoms with Crippen molar-refractivity contribution in [1.29, 1.82) is 0 Å². The standard InChI is InChI=1S/C12H10N2S2/c1-7-2-3-9-10(6-7)16-12(14-9)8-4-5-15-11(8)13/h2-6H,13H2,1H3. The molecule has 4 heteroatoms. The number of thiophene rings is 1. The Kier molecular flexibility index (Phi) is 2.19. The van der Waals surface area contributed by atoms with Gasteiger partial charge in [-0.25, -0.2) is 4.98 Å². The van der Waals surface area contributed by atoms with E-state index in [4.69, 9.17) is 5.73 Å². The van der Waals surface area contributed by atoms with Crippen LogP contribution in [0.4, 0.5) is 5.00 Å². The summed E-state index contributed by atoms with van der Waals surface area (Å²) in [6, 6.07) is 8.35. The second-order valence-corrected chi connectivity index (χ2v) is 5.67. The summed E-state index contributed by atoms with van der Waals surface area (Å²) >= 11 is 3.26. The molecule has 0 radical (unpaired) electrons. The number of thiazole rings is 1. The van der Waals surface area contributed by atoms with Crippen LogP contribution in [0.5, 0.6) is 0 Å². The quantitative estimate of drug-likeness (QED) is 0.707. The highest BCUT2D eigenvalue weighted by Crippen LogP contribution is 2.36. The third-order valence-corrected chi connectivity index (χ3v) is 4.27. The second kappa shape index (κ2) is 3.57. The van der Waals surface area contributed by atoms with E-state index in [1.165, 1.54) is 10.3 Å². The lowest BCUT2D eigenvalue weighted by molar-refractivity contribution is 1.46. The fourth-order valence-electron chi connectivity index (χ4n) is 1.64. The fourth-order valence-corrected chi connectivity index (χ4v) is 3.46. The van der Waals surface area contributed by atoms with Crippen molar-refractivity contribution in [2.45, 2.75) is 6.92 Å². The first-order valence-electron chi connectivity index (χ1n) is 4.94. The zero-order valence-corrected chi connectivity index (χ0v) is 10.4. The number of nitrogens with zero attached hydrogens (tertiary/aromatic N) is 1. The Morgan fingerprint density at radius 3 is 2.88 bits per heavy atom. The van der Waals surface area contributed by atoms with Crippen LogP contribution < -0.4 is 5.73 Å². The highest BCUT2D eigenvalue weighted by atomic mass is 32.1. The van der Waals surface area contributed by atoms with Crippen LogP contribution in [-0.4, -0.2) is 4.98 Å². The summed E-state index contributed by atoms with van der Waals surface area (Å²) in [5.74, 6) is 0. The van der Waals surface area contributed by atoms with Crippen molar-refractivity contribution in [1.82, 2.24) is 4.98 Å². The predicted molar refractivity (Wildman–Crippen MR) is 72.1 cm³/mol. The molecule has 2 nitrogen and oxygen atoms in total. The van der Waals surface area contributed by atoms with Gasteiger partial charge in [-0.1, -0.05) is 6.07 Å². The maximum absolute atomic E-state index is 5.91. The number of hydrogen-bond acceptors (Lipinski definition) is 4. The van der Waals surface area contributed by atoms with Gasteiger partial charge in [0.2, 0.25) is 0 Å². The van der Waals surface area contributed by atoms with E-state index in [1.54, 1.807) is 22.7 Å². The van der Waals surface area contributed by atoms with E-state index in [0.717, 1.165) is 21.1 Å². The lowest BCUT2D eigenvalue weighted by Gasteiger charge is -1.90. The van der Waals surface area contributed by atoms with Crippen molar-refractivity contribution in [3.63, 3.8) is 0 Å². The molecular formula is C12H10N2S2. The molecular weight excluding hydrogens is 236 g/mol. The van der Waals surface area contributed by atoms with Gasteiger partial charge >= 0.3 is 0 Å². The summed E-state index contributed by atoms with van der Waals surface area (Å²) in [6.45, 7) is 2.10. The minimum absolute atomic E-state index is 0.843. The van der Waals surface area contributed by atoms with Crippen LogP contribution in [-0.2, 0) is 0 Å². The number of nitrogens with two attached hydrogens (primary N) is 1. The van der Waals surface area contributed by atoms with Crippen LogP contribution in [0.25, 0.3) is 20.8 Å². The summed E-state index contributed by atoms with van der Waals surface area (Å²) in [5, 5.41) is 3.86. The summed E-state index contributed by atoms with van der Waals surface area (Å²) in [5.41, 5.74) is 9.29. The van der Waals surface area contributed by atoms with Gasteiger partial charge in [0.15, 0.2) is 0 Å². The Morgan fingerprint density at radius 1 is 1.25 bits per heavy atom. The Labute approximate surface area is 101 Å². The monoisotopic (exact) mass is 246 g/mol. The third kappa shape index (κ3) is 1.50. The molecule has 2 heterocycles. The van der Waals surface area contributed by atoms with E-state index >= 15 is 0 Å². The average Bonchev–Trinajstić information content (AvgIpc) is 2.82. The zero-order valence-electron chi connectivity index (χ0n) is 8.73. The number of nitrogen functional groups attached to an aromatic ring is 1. The van der Waals surface area contributed by atoms with Gasteiger partial charge in [-0.2, -0.15) is 0 Å². The number of hydrogen-bond donors (Lipinski definition) is 1. The molecule has 0 spiro atoms. The summed E-state index contributed by atoms with van der Waals surface area (Å²) < 4.78 is 1.22. The predicted octanol–water partition coefficient (Wildman–Crippen LogP) is 3.92. The molecule has 16 heavy (non-hydrogen) atoms. The summed E-state index contributed by atoms with van der Waals surface area (Å²) in [4.78, 5) is 4.60. The van der Waals surface area contributed by atoms with Gasteiger partial charge in [0.1, 0.15) is 5.01 Å². The molecule has 3 rings (SSSR count). The van der Waals surface area contributed by atoms with Crippen molar-refractivity contribution in [3.05, 3.63) is 35.2 Å². The van der Waals surface area contributed by atoms with Gasteiger partial charge in [-0.3, -0.25) is 0 Å². The van der Waals surface area contributed by atoms with E-state index in [9.17, 15) is 0 Å². The number of rotatable bonds is 1. The molecule has 0 aliphatic rings. The van der Waals surface area contributed by atoms with E-state index in [2.05, 4.69) is 30.1 Å². The minimum atomic E-state index is 0.843. The van der Waals surface area contributed by atoms with Crippen molar-refractivity contribution in [2.75, 3.05) is 5.73 Å². The molecule has 0 atom stereocenters. The molecule has 0 amide bonds. The summed E-state index contributed by atoms with van der Waals surface area (Å²) in [6.07, 6.45) is 0. The van der Waals surface area contributed by atoms with Gasteiger partial charge in [-0.15, -0.1) is 22.7 Å². The number of aromatic nitrogens is 1. The van der Waals surface area contributed by atoms with Gasteiger partial charge in [0, 0.05) is 5.56 Å². The van der Waals surface area contributed by atoms with Gasteiger partial charge in [0.05, 0.1) is 15.2 Å². The molecule has 3 aromatic rings. The third-order valence-electron chi connectivity index (χ3n) is 2.47. The molecule has 0 unspecified atom stereocenters. The molecule has 0 saturated heterocycles. The van der Waals surface area contributed by atoms with Crippen LogP contribution in [0.15, 0.2) is 29.6 Å². The minimum Gasteiger partial charge on any atom is -0.390 e. The van der Waals surface area contributed by atoms with Crippen molar-refractivity contribution < 1.29 is 0 Å². The van der Waals surface area contributed by atoms with Crippen molar-refractivity contribution in [3.8, 4) is 10.6 Å². The molecule has 0 aliphatic heterocycles. The van der Waals surface area contributed by atoms with Crippen LogP contribution in [0.3, 0.4) is 0 Å². The lowest BCUT2D eigenvalue weighted by atomic mass is 10.2. The zero-order chi connectivity index (χ0) is 11.1. The average molecular weight is 246 g/mol. The summed E-state index contributed by atoms with van der Waals surface area (Å²) in [7, 11) is 0. The number of fused-ring (bicyclic) bond motifs is 1. The first-order valence-corrected chi connectivity index (χ1v) is 6.64. The molecule has 1 aromatic carbocycles. The highest BCUT2D eigenvalue weighted by Gasteiger charge is 2.09. The number of benzene rings is 1. The topological polar surface area (TPSA) is 38.9 Å². The molecule has 0 aliphatic carbocycles. The molecule has 80 valence electrons. The van der Waals surface area contributed by atoms with Gasteiger partial charge in [-0.05, 0) is 36.1 Å². The van der Waals surface area contributed by atoms with Crippen LogP contribution in [0.1, 0.15) is 5.56 Å². The Hall–Kier alpha value is -1.39. The lowest BCUT2D eigenvalue weighted by Crippen LogP contribution is -1.81. The normalized spacial score (nSPS) is 11.1. The maximum Gasteiger partial charge on any atom is 0.127 e. The first kappa shape index (κ1) is 9.81. The molecule has 0 saturated carbocycles. The van der Waals surface area contributed by atoms with E-state index in [1.807, 2.05) is 11.4 Å². The second-order valence-electron chi connectivity index (χ2n) is 3.69. The molecule has 2 aromatic heterocycles.